The maximum atomic E-state index is 13.3. The fourth-order valence-corrected chi connectivity index (χ4v) is 5.56. The molecular formula is C23H26N4OS2. The number of hydrogen-bond acceptors (Lipinski definition) is 4. The number of rotatable bonds is 6. The standard InChI is InChI=1S/C23H26N4OS2/c1-5-10-16(2)26-19(20-13-9-14-29-20)15-30-23(26)24-21-17(3)25(4)27(22(21)28)18-11-7-6-8-12-18/h6-9,11-16H,5,10H2,1-4H3. The summed E-state index contributed by atoms with van der Waals surface area (Å²) in [6, 6.07) is 14.2. The van der Waals surface area contributed by atoms with Crippen LogP contribution in [0.3, 0.4) is 0 Å². The molecule has 0 saturated carbocycles. The number of aromatic nitrogens is 3. The molecule has 0 bridgehead atoms. The SMILES string of the molecule is CCCC(C)n1c(-c2cccs2)csc1=Nc1c(C)n(C)n(-c2ccccc2)c1=O. The molecule has 0 aliphatic heterocycles. The van der Waals surface area contributed by atoms with Gasteiger partial charge in [-0.1, -0.05) is 37.6 Å². The van der Waals surface area contributed by atoms with E-state index >= 15 is 0 Å². The average molecular weight is 439 g/mol. The molecule has 4 rings (SSSR count). The lowest BCUT2D eigenvalue weighted by molar-refractivity contribution is 0.495. The number of thiophene rings is 1. The molecule has 0 amide bonds. The van der Waals surface area contributed by atoms with E-state index in [1.165, 1.54) is 10.6 Å². The first kappa shape index (κ1) is 20.6. The molecule has 1 unspecified atom stereocenters. The molecule has 0 saturated heterocycles. The summed E-state index contributed by atoms with van der Waals surface area (Å²) in [5.74, 6) is 0. The number of benzene rings is 1. The molecular weight excluding hydrogens is 412 g/mol. The Kier molecular flexibility index (Phi) is 5.92. The highest BCUT2D eigenvalue weighted by Crippen LogP contribution is 2.29. The molecule has 0 aliphatic rings. The molecule has 1 atom stereocenters. The fraction of sp³-hybridized carbons (Fsp3) is 0.304. The normalized spacial score (nSPS) is 13.1. The van der Waals surface area contributed by atoms with Crippen molar-refractivity contribution in [2.24, 2.45) is 12.0 Å². The van der Waals surface area contributed by atoms with E-state index in [1.807, 2.05) is 49.0 Å². The van der Waals surface area contributed by atoms with Crippen LogP contribution < -0.4 is 10.4 Å². The molecule has 0 N–H and O–H groups in total. The van der Waals surface area contributed by atoms with Crippen molar-refractivity contribution < 1.29 is 0 Å². The van der Waals surface area contributed by atoms with Crippen LogP contribution in [0.4, 0.5) is 5.69 Å². The van der Waals surface area contributed by atoms with Gasteiger partial charge in [0.1, 0.15) is 0 Å². The Labute approximate surface area is 184 Å². The maximum absolute atomic E-state index is 13.3. The van der Waals surface area contributed by atoms with Crippen molar-refractivity contribution in [1.29, 1.82) is 0 Å². The highest BCUT2D eigenvalue weighted by atomic mass is 32.1. The van der Waals surface area contributed by atoms with Gasteiger partial charge in [-0.15, -0.1) is 22.7 Å². The monoisotopic (exact) mass is 438 g/mol. The molecule has 7 heteroatoms. The molecule has 0 fully saturated rings. The predicted molar refractivity (Wildman–Crippen MR) is 126 cm³/mol. The second-order valence-electron chi connectivity index (χ2n) is 7.41. The Morgan fingerprint density at radius 2 is 1.87 bits per heavy atom. The van der Waals surface area contributed by atoms with Crippen LogP contribution >= 0.6 is 22.7 Å². The average Bonchev–Trinajstić information content (AvgIpc) is 3.45. The summed E-state index contributed by atoms with van der Waals surface area (Å²) in [5, 5.41) is 4.25. The molecule has 0 aliphatic carbocycles. The van der Waals surface area contributed by atoms with Crippen LogP contribution in [0, 0.1) is 6.92 Å². The van der Waals surface area contributed by atoms with E-state index in [0.717, 1.165) is 29.0 Å². The van der Waals surface area contributed by atoms with E-state index in [1.54, 1.807) is 27.4 Å². The molecule has 4 aromatic rings. The minimum absolute atomic E-state index is 0.0954. The largest absolute Gasteiger partial charge is 0.313 e. The predicted octanol–water partition coefficient (Wildman–Crippen LogP) is 5.67. The third-order valence-corrected chi connectivity index (χ3v) is 7.13. The summed E-state index contributed by atoms with van der Waals surface area (Å²) < 4.78 is 5.85. The minimum atomic E-state index is -0.0954. The molecule has 5 nitrogen and oxygen atoms in total. The Bertz CT molecular complexity index is 1260. The Balaban J connectivity index is 1.92. The van der Waals surface area contributed by atoms with Crippen molar-refractivity contribution in [2.75, 3.05) is 0 Å². The van der Waals surface area contributed by atoms with Gasteiger partial charge < -0.3 is 4.57 Å². The summed E-state index contributed by atoms with van der Waals surface area (Å²) in [6.07, 6.45) is 2.16. The lowest BCUT2D eigenvalue weighted by atomic mass is 10.2. The van der Waals surface area contributed by atoms with E-state index in [-0.39, 0.29) is 5.56 Å². The van der Waals surface area contributed by atoms with E-state index < -0.39 is 0 Å². The van der Waals surface area contributed by atoms with Crippen LogP contribution in [0.1, 0.15) is 38.4 Å². The second kappa shape index (κ2) is 8.62. The fourth-order valence-electron chi connectivity index (χ4n) is 3.76. The third-order valence-electron chi connectivity index (χ3n) is 5.39. The number of thiazole rings is 1. The van der Waals surface area contributed by atoms with Crippen molar-refractivity contribution >= 4 is 28.4 Å². The first-order valence-electron chi connectivity index (χ1n) is 10.2. The van der Waals surface area contributed by atoms with E-state index in [0.29, 0.717) is 11.7 Å². The van der Waals surface area contributed by atoms with Gasteiger partial charge in [0.05, 0.1) is 22.0 Å². The zero-order valence-electron chi connectivity index (χ0n) is 17.7. The lowest BCUT2D eigenvalue weighted by Gasteiger charge is -2.15. The van der Waals surface area contributed by atoms with Gasteiger partial charge in [-0.2, -0.15) is 0 Å². The highest BCUT2D eigenvalue weighted by molar-refractivity contribution is 7.14. The minimum Gasteiger partial charge on any atom is -0.313 e. The van der Waals surface area contributed by atoms with Crippen molar-refractivity contribution in [3.05, 3.63) is 74.1 Å². The van der Waals surface area contributed by atoms with Gasteiger partial charge in [-0.25, -0.2) is 9.67 Å². The van der Waals surface area contributed by atoms with Crippen LogP contribution in [0.25, 0.3) is 16.3 Å². The first-order valence-corrected chi connectivity index (χ1v) is 11.9. The number of hydrogen-bond donors (Lipinski definition) is 0. The van der Waals surface area contributed by atoms with Gasteiger partial charge in [0.25, 0.3) is 5.56 Å². The van der Waals surface area contributed by atoms with E-state index in [2.05, 4.69) is 41.3 Å². The van der Waals surface area contributed by atoms with E-state index in [9.17, 15) is 4.79 Å². The van der Waals surface area contributed by atoms with Gasteiger partial charge in [0, 0.05) is 18.5 Å². The Hall–Kier alpha value is -2.64. The summed E-state index contributed by atoms with van der Waals surface area (Å²) in [6.45, 7) is 6.38. The van der Waals surface area contributed by atoms with Gasteiger partial charge in [-0.3, -0.25) is 9.48 Å². The molecule has 30 heavy (non-hydrogen) atoms. The molecule has 0 radical (unpaired) electrons. The third kappa shape index (κ3) is 3.63. The molecule has 1 aromatic carbocycles. The smallest absolute Gasteiger partial charge is 0.297 e. The number of para-hydroxylation sites is 1. The number of nitrogens with zero attached hydrogens (tertiary/aromatic N) is 4. The molecule has 3 aromatic heterocycles. The zero-order valence-corrected chi connectivity index (χ0v) is 19.3. The van der Waals surface area contributed by atoms with Gasteiger partial charge in [0.15, 0.2) is 10.5 Å². The maximum Gasteiger partial charge on any atom is 0.297 e. The van der Waals surface area contributed by atoms with Crippen molar-refractivity contribution in [1.82, 2.24) is 13.9 Å². The summed E-state index contributed by atoms with van der Waals surface area (Å²) in [4.78, 5) is 20.3. The van der Waals surface area contributed by atoms with Crippen molar-refractivity contribution in [3.8, 4) is 16.3 Å². The topological polar surface area (TPSA) is 44.2 Å². The Morgan fingerprint density at radius 1 is 1.10 bits per heavy atom. The molecule has 0 spiro atoms. The van der Waals surface area contributed by atoms with Crippen LogP contribution in [0.5, 0.6) is 0 Å². The van der Waals surface area contributed by atoms with Crippen LogP contribution in [-0.4, -0.2) is 13.9 Å². The van der Waals surface area contributed by atoms with Crippen molar-refractivity contribution in [3.63, 3.8) is 0 Å². The summed E-state index contributed by atoms with van der Waals surface area (Å²) in [7, 11) is 1.90. The van der Waals surface area contributed by atoms with E-state index in [4.69, 9.17) is 4.99 Å². The first-order chi connectivity index (χ1) is 14.5. The zero-order chi connectivity index (χ0) is 21.3. The molecule has 3 heterocycles. The lowest BCUT2D eigenvalue weighted by Crippen LogP contribution is -2.21. The van der Waals surface area contributed by atoms with Crippen LogP contribution in [-0.2, 0) is 7.05 Å². The molecule has 156 valence electrons. The van der Waals surface area contributed by atoms with Crippen LogP contribution in [0.2, 0.25) is 0 Å². The van der Waals surface area contributed by atoms with Gasteiger partial charge in [0.2, 0.25) is 0 Å². The second-order valence-corrected chi connectivity index (χ2v) is 9.19. The van der Waals surface area contributed by atoms with Crippen LogP contribution in [0.15, 0.2) is 63.0 Å². The quantitative estimate of drug-likeness (QED) is 0.382. The summed E-state index contributed by atoms with van der Waals surface area (Å²) in [5.41, 5.74) is 3.27. The van der Waals surface area contributed by atoms with Crippen molar-refractivity contribution in [2.45, 2.75) is 39.7 Å². The van der Waals surface area contributed by atoms with Gasteiger partial charge in [-0.05, 0) is 43.8 Å². The Morgan fingerprint density at radius 3 is 2.53 bits per heavy atom. The highest BCUT2D eigenvalue weighted by Gasteiger charge is 2.18. The summed E-state index contributed by atoms with van der Waals surface area (Å²) >= 11 is 3.33. The van der Waals surface area contributed by atoms with Gasteiger partial charge >= 0.3 is 0 Å².